The van der Waals surface area contributed by atoms with Crippen LogP contribution >= 0.6 is 46.1 Å². The van der Waals surface area contributed by atoms with Gasteiger partial charge in [-0.2, -0.15) is 0 Å². The van der Waals surface area contributed by atoms with E-state index in [-0.39, 0.29) is 5.41 Å². The zero-order chi connectivity index (χ0) is 17.6. The van der Waals surface area contributed by atoms with Gasteiger partial charge >= 0.3 is 0 Å². The van der Waals surface area contributed by atoms with Crippen LogP contribution in [-0.2, 0) is 17.6 Å². The lowest BCUT2D eigenvalue weighted by Crippen LogP contribution is -2.28. The average Bonchev–Trinajstić information content (AvgIpc) is 2.73. The molecule has 1 aromatic heterocycles. The van der Waals surface area contributed by atoms with Gasteiger partial charge in [0.05, 0.1) is 5.56 Å². The molecular weight excluding hydrogens is 379 g/mol. The summed E-state index contributed by atoms with van der Waals surface area (Å²) in [5.74, 6) is -0.863. The SMILES string of the molecule is CC(C)(C)[C@H]1CCc2c(sc(NC(=O)C(Cl)(Cl)Cl)c2C(N)=O)C1. The average molecular weight is 398 g/mol. The highest BCUT2D eigenvalue weighted by molar-refractivity contribution is 7.17. The summed E-state index contributed by atoms with van der Waals surface area (Å²) in [7, 11) is 0. The summed E-state index contributed by atoms with van der Waals surface area (Å²) in [6.07, 6.45) is 2.59. The standard InChI is InChI=1S/C15H19Cl3N2O2S/c1-14(2,3)7-4-5-8-9(6-7)23-12(10(8)11(19)21)20-13(22)15(16,17)18/h7H,4-6H2,1-3H3,(H2,19,21)(H,20,22)/t7-/m0/s1. The van der Waals surface area contributed by atoms with Crippen LogP contribution in [0.1, 0.15) is 48.0 Å². The number of anilines is 1. The summed E-state index contributed by atoms with van der Waals surface area (Å²) in [6.45, 7) is 6.62. The Bertz CT molecular complexity index is 644. The van der Waals surface area contributed by atoms with Gasteiger partial charge in [-0.1, -0.05) is 55.6 Å². The summed E-state index contributed by atoms with van der Waals surface area (Å²) in [5.41, 5.74) is 6.95. The third-order valence-electron chi connectivity index (χ3n) is 4.22. The summed E-state index contributed by atoms with van der Waals surface area (Å²) >= 11 is 18.1. The zero-order valence-electron chi connectivity index (χ0n) is 13.1. The number of carbonyl (C=O) groups is 2. The molecule has 0 aliphatic heterocycles. The monoisotopic (exact) mass is 396 g/mol. The summed E-state index contributed by atoms with van der Waals surface area (Å²) in [5, 5.41) is 2.89. The predicted molar refractivity (Wildman–Crippen MR) is 96.7 cm³/mol. The molecule has 4 nitrogen and oxygen atoms in total. The van der Waals surface area contributed by atoms with E-state index in [9.17, 15) is 9.59 Å². The zero-order valence-corrected chi connectivity index (χ0v) is 16.2. The molecule has 2 rings (SSSR count). The number of hydrogen-bond donors (Lipinski definition) is 2. The number of alkyl halides is 3. The molecule has 1 heterocycles. The molecule has 2 amide bonds. The molecule has 1 aliphatic rings. The third-order valence-corrected chi connectivity index (χ3v) is 5.91. The highest BCUT2D eigenvalue weighted by Crippen LogP contribution is 2.44. The van der Waals surface area contributed by atoms with E-state index in [0.29, 0.717) is 16.5 Å². The fourth-order valence-electron chi connectivity index (χ4n) is 2.85. The Balaban J connectivity index is 2.37. The first-order chi connectivity index (χ1) is 10.4. The van der Waals surface area contributed by atoms with Crippen molar-refractivity contribution in [2.45, 2.75) is 43.8 Å². The maximum atomic E-state index is 11.9. The highest BCUT2D eigenvalue weighted by Gasteiger charge is 2.36. The van der Waals surface area contributed by atoms with Crippen LogP contribution in [0.5, 0.6) is 0 Å². The molecule has 0 unspecified atom stereocenters. The van der Waals surface area contributed by atoms with Gasteiger partial charge in [-0.25, -0.2) is 0 Å². The number of halogens is 3. The molecule has 23 heavy (non-hydrogen) atoms. The van der Waals surface area contributed by atoms with Crippen molar-refractivity contribution in [2.75, 3.05) is 5.32 Å². The van der Waals surface area contributed by atoms with Crippen LogP contribution < -0.4 is 11.1 Å². The molecule has 1 aliphatic carbocycles. The van der Waals surface area contributed by atoms with Gasteiger partial charge in [0.25, 0.3) is 15.6 Å². The number of nitrogens with one attached hydrogen (secondary N) is 1. The van der Waals surface area contributed by atoms with E-state index in [1.807, 2.05) is 0 Å². The van der Waals surface area contributed by atoms with Crippen LogP contribution in [0.15, 0.2) is 0 Å². The molecule has 1 atom stereocenters. The Hall–Kier alpha value is -0.490. The molecule has 0 spiro atoms. The van der Waals surface area contributed by atoms with Crippen molar-refractivity contribution >= 4 is 63.0 Å². The lowest BCUT2D eigenvalue weighted by molar-refractivity contribution is -0.115. The molecule has 0 saturated heterocycles. The van der Waals surface area contributed by atoms with Gasteiger partial charge in [-0.3, -0.25) is 9.59 Å². The van der Waals surface area contributed by atoms with Crippen molar-refractivity contribution in [2.24, 2.45) is 17.1 Å². The second kappa shape index (κ2) is 6.43. The molecule has 0 fully saturated rings. The van der Waals surface area contributed by atoms with E-state index >= 15 is 0 Å². The van der Waals surface area contributed by atoms with E-state index in [2.05, 4.69) is 26.1 Å². The van der Waals surface area contributed by atoms with Crippen molar-refractivity contribution in [1.82, 2.24) is 0 Å². The Morgan fingerprint density at radius 1 is 1.26 bits per heavy atom. The summed E-state index contributed by atoms with van der Waals surface area (Å²) in [4.78, 5) is 24.8. The molecular formula is C15H19Cl3N2O2S. The van der Waals surface area contributed by atoms with E-state index < -0.39 is 15.6 Å². The molecule has 1 aromatic rings. The van der Waals surface area contributed by atoms with Gasteiger partial charge in [0.2, 0.25) is 0 Å². The number of fused-ring (bicyclic) bond motifs is 1. The summed E-state index contributed by atoms with van der Waals surface area (Å²) < 4.78 is -2.09. The minimum Gasteiger partial charge on any atom is -0.365 e. The molecule has 0 aromatic carbocycles. The fourth-order valence-corrected chi connectivity index (χ4v) is 4.32. The molecule has 3 N–H and O–H groups in total. The first-order valence-electron chi connectivity index (χ1n) is 7.23. The largest absolute Gasteiger partial charge is 0.365 e. The highest BCUT2D eigenvalue weighted by atomic mass is 35.6. The maximum absolute atomic E-state index is 11.9. The number of thiophene rings is 1. The lowest BCUT2D eigenvalue weighted by Gasteiger charge is -2.33. The van der Waals surface area contributed by atoms with Crippen LogP contribution in [0.2, 0.25) is 0 Å². The van der Waals surface area contributed by atoms with E-state index in [1.165, 1.54) is 11.3 Å². The van der Waals surface area contributed by atoms with Crippen molar-refractivity contribution in [1.29, 1.82) is 0 Å². The first-order valence-corrected chi connectivity index (χ1v) is 9.18. The molecule has 0 saturated carbocycles. The number of hydrogen-bond acceptors (Lipinski definition) is 3. The minimum atomic E-state index is -2.09. The number of rotatable bonds is 2. The van der Waals surface area contributed by atoms with Gasteiger partial charge < -0.3 is 11.1 Å². The predicted octanol–water partition coefficient (Wildman–Crippen LogP) is 4.31. The number of amides is 2. The summed E-state index contributed by atoms with van der Waals surface area (Å²) in [6, 6.07) is 0. The number of carbonyl (C=O) groups excluding carboxylic acids is 2. The van der Waals surface area contributed by atoms with Gasteiger partial charge in [0, 0.05) is 4.88 Å². The van der Waals surface area contributed by atoms with E-state index in [0.717, 1.165) is 29.7 Å². The van der Waals surface area contributed by atoms with Gasteiger partial charge in [0.15, 0.2) is 0 Å². The third kappa shape index (κ3) is 4.13. The molecule has 0 bridgehead atoms. The minimum absolute atomic E-state index is 0.176. The molecule has 8 heteroatoms. The number of nitrogens with two attached hydrogens (primary N) is 1. The van der Waals surface area contributed by atoms with Gasteiger partial charge in [0.1, 0.15) is 5.00 Å². The van der Waals surface area contributed by atoms with Crippen molar-refractivity contribution < 1.29 is 9.59 Å². The van der Waals surface area contributed by atoms with Crippen LogP contribution in [-0.4, -0.2) is 15.6 Å². The van der Waals surface area contributed by atoms with Crippen LogP contribution in [0, 0.1) is 11.3 Å². The Kier molecular flexibility index (Phi) is 5.27. The van der Waals surface area contributed by atoms with Crippen molar-refractivity contribution in [3.05, 3.63) is 16.0 Å². The second-order valence-electron chi connectivity index (χ2n) is 6.83. The quantitative estimate of drug-likeness (QED) is 0.730. The Labute approximate surface area is 154 Å². The van der Waals surface area contributed by atoms with Crippen molar-refractivity contribution in [3.8, 4) is 0 Å². The number of primary amides is 1. The Morgan fingerprint density at radius 2 is 1.87 bits per heavy atom. The smallest absolute Gasteiger partial charge is 0.277 e. The normalized spacial score (nSPS) is 18.4. The van der Waals surface area contributed by atoms with Gasteiger partial charge in [-0.15, -0.1) is 11.3 Å². The second-order valence-corrected chi connectivity index (χ2v) is 10.2. The van der Waals surface area contributed by atoms with Crippen molar-refractivity contribution in [3.63, 3.8) is 0 Å². The lowest BCUT2D eigenvalue weighted by atomic mass is 9.72. The first kappa shape index (κ1) is 18.8. The van der Waals surface area contributed by atoms with Gasteiger partial charge in [-0.05, 0) is 36.2 Å². The van der Waals surface area contributed by atoms with Crippen LogP contribution in [0.3, 0.4) is 0 Å². The fraction of sp³-hybridized carbons (Fsp3) is 0.600. The molecule has 128 valence electrons. The van der Waals surface area contributed by atoms with Crippen LogP contribution in [0.4, 0.5) is 5.00 Å². The maximum Gasteiger partial charge on any atom is 0.277 e. The van der Waals surface area contributed by atoms with E-state index in [1.54, 1.807) is 0 Å². The topological polar surface area (TPSA) is 72.2 Å². The Morgan fingerprint density at radius 3 is 2.35 bits per heavy atom. The van der Waals surface area contributed by atoms with E-state index in [4.69, 9.17) is 40.5 Å². The molecule has 0 radical (unpaired) electrons. The van der Waals surface area contributed by atoms with Crippen LogP contribution in [0.25, 0.3) is 0 Å².